The minimum absolute atomic E-state index is 0.794. The van der Waals surface area contributed by atoms with E-state index < -0.39 is 0 Å². The van der Waals surface area contributed by atoms with Crippen LogP contribution < -0.4 is 10.7 Å². The number of aromatic nitrogens is 1. The molecule has 1 aromatic carbocycles. The van der Waals surface area contributed by atoms with Gasteiger partial charge in [-0.3, -0.25) is 15.0 Å². The molecule has 0 bridgehead atoms. The summed E-state index contributed by atoms with van der Waals surface area (Å²) in [6.07, 6.45) is 1.82. The minimum atomic E-state index is 0.794. The highest BCUT2D eigenvalue weighted by Gasteiger charge is 2.03. The van der Waals surface area contributed by atoms with Gasteiger partial charge in [0.2, 0.25) is 0 Å². The summed E-state index contributed by atoms with van der Waals surface area (Å²) < 4.78 is 0. The molecule has 0 radical (unpaired) electrons. The Bertz CT molecular complexity index is 675. The molecule has 2 aromatic rings. The predicted molar refractivity (Wildman–Crippen MR) is 77.8 cm³/mol. The van der Waals surface area contributed by atoms with Gasteiger partial charge in [0.15, 0.2) is 0 Å². The van der Waals surface area contributed by atoms with Gasteiger partial charge in [-0.15, -0.1) is 0 Å². The molecule has 19 heavy (non-hydrogen) atoms. The number of fused-ring (bicyclic) bond motifs is 1. The van der Waals surface area contributed by atoms with Gasteiger partial charge in [0.25, 0.3) is 0 Å². The first-order valence-corrected chi connectivity index (χ1v) is 6.75. The molecule has 2 heterocycles. The number of benzene rings is 1. The molecule has 3 heteroatoms. The molecule has 1 aliphatic heterocycles. The number of pyridine rings is 1. The van der Waals surface area contributed by atoms with E-state index in [1.54, 1.807) is 0 Å². The van der Waals surface area contributed by atoms with E-state index in [9.17, 15) is 0 Å². The average molecular weight is 253 g/mol. The topological polar surface area (TPSA) is 37.6 Å². The Balaban J connectivity index is 0.000000637. The van der Waals surface area contributed by atoms with Crippen molar-refractivity contribution >= 4 is 0 Å². The Kier molecular flexibility index (Phi) is 4.39. The van der Waals surface area contributed by atoms with Crippen molar-refractivity contribution in [3.8, 4) is 11.1 Å². The molecule has 0 amide bonds. The zero-order chi connectivity index (χ0) is 13.7. The second-order valence-corrected chi connectivity index (χ2v) is 4.10. The Labute approximate surface area is 113 Å². The quantitative estimate of drug-likeness (QED) is 0.768. The van der Waals surface area contributed by atoms with E-state index in [4.69, 9.17) is 0 Å². The van der Waals surface area contributed by atoms with Gasteiger partial charge in [-0.05, 0) is 30.7 Å². The molecule has 1 aliphatic rings. The van der Waals surface area contributed by atoms with E-state index >= 15 is 0 Å². The second kappa shape index (κ2) is 6.23. The van der Waals surface area contributed by atoms with Crippen LogP contribution >= 0.6 is 0 Å². The first-order chi connectivity index (χ1) is 9.34. The zero-order valence-corrected chi connectivity index (χ0v) is 11.7. The van der Waals surface area contributed by atoms with E-state index in [-0.39, 0.29) is 0 Å². The summed E-state index contributed by atoms with van der Waals surface area (Å²) in [5.41, 5.74) is 3.37. The van der Waals surface area contributed by atoms with Gasteiger partial charge < -0.3 is 0 Å². The molecule has 0 N–H and O–H groups in total. The Morgan fingerprint density at radius 2 is 1.68 bits per heavy atom. The molecule has 0 saturated carbocycles. The summed E-state index contributed by atoms with van der Waals surface area (Å²) >= 11 is 0. The molecule has 3 nitrogen and oxygen atoms in total. The molecule has 1 aromatic heterocycles. The van der Waals surface area contributed by atoms with Gasteiger partial charge in [0.05, 0.1) is 23.8 Å². The van der Waals surface area contributed by atoms with Crippen LogP contribution in [0.4, 0.5) is 0 Å². The summed E-state index contributed by atoms with van der Waals surface area (Å²) in [5, 5.41) is 2.00. The van der Waals surface area contributed by atoms with Crippen LogP contribution in [0.3, 0.4) is 0 Å². The molecule has 3 rings (SSSR count). The van der Waals surface area contributed by atoms with E-state index in [1.807, 2.05) is 39.1 Å². The third-order valence-electron chi connectivity index (χ3n) is 2.96. The monoisotopic (exact) mass is 253 g/mol. The SMILES string of the molecule is CC.Cc1ncccc1-c1ccc2c(c1)=NCCN=2. The number of nitrogens with zero attached hydrogens (tertiary/aromatic N) is 3. The van der Waals surface area contributed by atoms with Crippen LogP contribution in [0.1, 0.15) is 19.5 Å². The fourth-order valence-electron chi connectivity index (χ4n) is 2.08. The van der Waals surface area contributed by atoms with Crippen LogP contribution in [-0.4, -0.2) is 18.1 Å². The summed E-state index contributed by atoms with van der Waals surface area (Å²) in [4.78, 5) is 13.2. The largest absolute Gasteiger partial charge is 0.281 e. The molecule has 98 valence electrons. The highest BCUT2D eigenvalue weighted by atomic mass is 14.8. The maximum atomic E-state index is 4.49. The van der Waals surface area contributed by atoms with Gasteiger partial charge >= 0.3 is 0 Å². The molecular weight excluding hydrogens is 234 g/mol. The zero-order valence-electron chi connectivity index (χ0n) is 11.7. The van der Waals surface area contributed by atoms with Crippen molar-refractivity contribution in [2.24, 2.45) is 9.98 Å². The molecular formula is C16H19N3. The fraction of sp³-hybridized carbons (Fsp3) is 0.312. The summed E-state index contributed by atoms with van der Waals surface area (Å²) in [5.74, 6) is 0. The molecule has 0 saturated heterocycles. The van der Waals surface area contributed by atoms with E-state index in [0.29, 0.717) is 0 Å². The van der Waals surface area contributed by atoms with Gasteiger partial charge in [-0.2, -0.15) is 0 Å². The normalized spacial score (nSPS) is 12.4. The molecule has 0 aliphatic carbocycles. The number of hydrogen-bond acceptors (Lipinski definition) is 3. The number of aryl methyl sites for hydroxylation is 1. The van der Waals surface area contributed by atoms with Gasteiger partial charge in [-0.1, -0.05) is 26.0 Å². The van der Waals surface area contributed by atoms with Crippen molar-refractivity contribution in [1.29, 1.82) is 0 Å². The average Bonchev–Trinajstić information content (AvgIpc) is 2.49. The van der Waals surface area contributed by atoms with Crippen molar-refractivity contribution in [3.05, 3.63) is 52.9 Å². The summed E-state index contributed by atoms with van der Waals surface area (Å²) in [6, 6.07) is 10.3. The lowest BCUT2D eigenvalue weighted by molar-refractivity contribution is 0.865. The van der Waals surface area contributed by atoms with Crippen molar-refractivity contribution in [2.45, 2.75) is 20.8 Å². The lowest BCUT2D eigenvalue weighted by Crippen LogP contribution is -2.29. The Hall–Kier alpha value is -2.03. The lowest BCUT2D eigenvalue weighted by atomic mass is 10.0. The van der Waals surface area contributed by atoms with Crippen molar-refractivity contribution in [2.75, 3.05) is 13.1 Å². The predicted octanol–water partition coefficient (Wildman–Crippen LogP) is 2.34. The molecule has 0 atom stereocenters. The van der Waals surface area contributed by atoms with Crippen LogP contribution in [0.25, 0.3) is 11.1 Å². The lowest BCUT2D eigenvalue weighted by Gasteiger charge is -2.06. The van der Waals surface area contributed by atoms with E-state index in [0.717, 1.165) is 40.6 Å². The second-order valence-electron chi connectivity index (χ2n) is 4.10. The molecule has 0 unspecified atom stereocenters. The van der Waals surface area contributed by atoms with Gasteiger partial charge in [-0.25, -0.2) is 0 Å². The van der Waals surface area contributed by atoms with Crippen LogP contribution in [0, 0.1) is 6.92 Å². The third-order valence-corrected chi connectivity index (χ3v) is 2.96. The fourth-order valence-corrected chi connectivity index (χ4v) is 2.08. The summed E-state index contributed by atoms with van der Waals surface area (Å²) in [7, 11) is 0. The Morgan fingerprint density at radius 1 is 0.947 bits per heavy atom. The maximum Gasteiger partial charge on any atom is 0.0833 e. The smallest absolute Gasteiger partial charge is 0.0833 e. The Morgan fingerprint density at radius 3 is 2.42 bits per heavy atom. The highest BCUT2D eigenvalue weighted by molar-refractivity contribution is 5.65. The minimum Gasteiger partial charge on any atom is -0.281 e. The highest BCUT2D eigenvalue weighted by Crippen LogP contribution is 2.18. The van der Waals surface area contributed by atoms with Crippen molar-refractivity contribution in [1.82, 2.24) is 4.98 Å². The number of rotatable bonds is 1. The summed E-state index contributed by atoms with van der Waals surface area (Å²) in [6.45, 7) is 7.62. The molecule has 0 spiro atoms. The molecule has 0 fully saturated rings. The van der Waals surface area contributed by atoms with Crippen LogP contribution in [-0.2, 0) is 0 Å². The van der Waals surface area contributed by atoms with Crippen molar-refractivity contribution < 1.29 is 0 Å². The van der Waals surface area contributed by atoms with E-state index in [2.05, 4.69) is 33.2 Å². The first-order valence-electron chi connectivity index (χ1n) is 6.75. The van der Waals surface area contributed by atoms with E-state index in [1.165, 1.54) is 0 Å². The first kappa shape index (κ1) is 13.4. The van der Waals surface area contributed by atoms with Crippen molar-refractivity contribution in [3.63, 3.8) is 0 Å². The third kappa shape index (κ3) is 2.87. The van der Waals surface area contributed by atoms with Crippen LogP contribution in [0.5, 0.6) is 0 Å². The maximum absolute atomic E-state index is 4.49. The van der Waals surface area contributed by atoms with Gasteiger partial charge in [0.1, 0.15) is 0 Å². The standard InChI is InChI=1S/C14H13N3.C2H6/c1-10-12(3-2-6-15-10)11-4-5-13-14(9-11)17-8-7-16-13;1-2/h2-6,9H,7-8H2,1H3;1-2H3. The van der Waals surface area contributed by atoms with Crippen LogP contribution in [0.15, 0.2) is 46.5 Å². The van der Waals surface area contributed by atoms with Gasteiger partial charge in [0, 0.05) is 17.5 Å². The number of hydrogen-bond donors (Lipinski definition) is 0. The van der Waals surface area contributed by atoms with Crippen LogP contribution in [0.2, 0.25) is 0 Å².